The van der Waals surface area contributed by atoms with E-state index >= 15 is 0 Å². The van der Waals surface area contributed by atoms with Crippen LogP contribution in [0, 0.1) is 0 Å². The van der Waals surface area contributed by atoms with Crippen molar-refractivity contribution in [2.45, 2.75) is 5.03 Å². The van der Waals surface area contributed by atoms with Crippen LogP contribution in [0.25, 0.3) is 0 Å². The Balaban J connectivity index is 3.33. The third-order valence-electron chi connectivity index (χ3n) is 1.37. The van der Waals surface area contributed by atoms with Crippen molar-refractivity contribution >= 4 is 16.0 Å². The molecule has 0 aliphatic heterocycles. The molecule has 72 valence electrons. The Labute approximate surface area is 73.8 Å². The molecule has 0 spiro atoms. The lowest BCUT2D eigenvalue weighted by molar-refractivity contribution is 0.0685. The van der Waals surface area contributed by atoms with E-state index in [1.165, 1.54) is 7.05 Å². The maximum atomic E-state index is 10.7. The lowest BCUT2D eigenvalue weighted by Gasteiger charge is -1.91. The number of rotatable bonds is 2. The molecule has 0 radical (unpaired) electrons. The van der Waals surface area contributed by atoms with Crippen molar-refractivity contribution in [1.29, 1.82) is 0 Å². The smallest absolute Gasteiger partial charge is 0.354 e. The topological polar surface area (TPSA) is 115 Å². The van der Waals surface area contributed by atoms with Gasteiger partial charge in [-0.1, -0.05) is 0 Å². The van der Waals surface area contributed by atoms with Crippen LogP contribution in [-0.4, -0.2) is 29.3 Å². The van der Waals surface area contributed by atoms with Gasteiger partial charge in [0.15, 0.2) is 5.03 Å². The number of carbonyl (C=O) groups is 1. The molecule has 0 bridgehead atoms. The first kappa shape index (κ1) is 9.68. The van der Waals surface area contributed by atoms with Crippen LogP contribution in [0.5, 0.6) is 0 Å². The van der Waals surface area contributed by atoms with Crippen molar-refractivity contribution in [2.24, 2.45) is 12.2 Å². The van der Waals surface area contributed by atoms with Crippen molar-refractivity contribution in [3.63, 3.8) is 0 Å². The van der Waals surface area contributed by atoms with Crippen molar-refractivity contribution in [2.75, 3.05) is 0 Å². The van der Waals surface area contributed by atoms with Crippen LogP contribution in [0.1, 0.15) is 10.5 Å². The molecule has 0 amide bonds. The Bertz CT molecular complexity index is 446. The van der Waals surface area contributed by atoms with Crippen molar-refractivity contribution in [3.05, 3.63) is 11.8 Å². The van der Waals surface area contributed by atoms with Crippen LogP contribution in [0.15, 0.2) is 11.1 Å². The standard InChI is InChI=1S/C5H7N3O4S/c1-8-3(5(9)10)2-4(7-8)13(6,11)12/h2H,1H3,(H,9,10)(H2,6,11,12). The summed E-state index contributed by atoms with van der Waals surface area (Å²) in [5.74, 6) is -1.26. The number of hydrogen-bond acceptors (Lipinski definition) is 4. The molecule has 1 aromatic rings. The monoisotopic (exact) mass is 205 g/mol. The largest absolute Gasteiger partial charge is 0.477 e. The lowest BCUT2D eigenvalue weighted by Crippen LogP contribution is -2.13. The van der Waals surface area contributed by atoms with Crippen LogP contribution < -0.4 is 5.14 Å². The van der Waals surface area contributed by atoms with E-state index in [4.69, 9.17) is 10.2 Å². The van der Waals surface area contributed by atoms with Gasteiger partial charge in [0.05, 0.1) is 0 Å². The van der Waals surface area contributed by atoms with Gasteiger partial charge in [-0.3, -0.25) is 4.68 Å². The van der Waals surface area contributed by atoms with Crippen LogP contribution in [0.4, 0.5) is 0 Å². The molecule has 0 aromatic carbocycles. The highest BCUT2D eigenvalue weighted by Crippen LogP contribution is 2.06. The number of primary sulfonamides is 1. The van der Waals surface area contributed by atoms with Crippen molar-refractivity contribution in [3.8, 4) is 0 Å². The van der Waals surface area contributed by atoms with Gasteiger partial charge in [-0.25, -0.2) is 18.4 Å². The first-order valence-corrected chi connectivity index (χ1v) is 4.67. The Hall–Kier alpha value is -1.41. The molecule has 0 saturated carbocycles. The molecule has 0 saturated heterocycles. The number of hydrogen-bond donors (Lipinski definition) is 2. The maximum absolute atomic E-state index is 10.7. The second-order valence-corrected chi connectivity index (χ2v) is 3.85. The molecule has 1 heterocycles. The van der Waals surface area contributed by atoms with Gasteiger partial charge >= 0.3 is 5.97 Å². The number of nitrogens with zero attached hydrogens (tertiary/aromatic N) is 2. The van der Waals surface area contributed by atoms with E-state index in [-0.39, 0.29) is 5.69 Å². The van der Waals surface area contributed by atoms with E-state index < -0.39 is 21.0 Å². The van der Waals surface area contributed by atoms with Crippen molar-refractivity contribution in [1.82, 2.24) is 9.78 Å². The van der Waals surface area contributed by atoms with E-state index in [0.29, 0.717) is 0 Å². The molecule has 0 aliphatic rings. The van der Waals surface area contributed by atoms with Crippen LogP contribution in [-0.2, 0) is 17.1 Å². The molecular formula is C5H7N3O4S. The zero-order chi connectivity index (χ0) is 10.2. The number of sulfonamides is 1. The minimum atomic E-state index is -3.93. The van der Waals surface area contributed by atoms with Gasteiger partial charge in [0, 0.05) is 13.1 Å². The molecule has 3 N–H and O–H groups in total. The fourth-order valence-electron chi connectivity index (χ4n) is 0.780. The highest BCUT2D eigenvalue weighted by atomic mass is 32.2. The van der Waals surface area contributed by atoms with Crippen molar-refractivity contribution < 1.29 is 18.3 Å². The summed E-state index contributed by atoms with van der Waals surface area (Å²) in [6.45, 7) is 0. The zero-order valence-electron chi connectivity index (χ0n) is 6.63. The highest BCUT2D eigenvalue weighted by molar-refractivity contribution is 7.89. The molecule has 13 heavy (non-hydrogen) atoms. The Morgan fingerprint density at radius 2 is 2.23 bits per heavy atom. The summed E-state index contributed by atoms with van der Waals surface area (Å²) in [5.41, 5.74) is -0.232. The van der Waals surface area contributed by atoms with Gasteiger partial charge in [-0.05, 0) is 0 Å². The lowest BCUT2D eigenvalue weighted by atomic mass is 10.4. The van der Waals surface area contributed by atoms with Gasteiger partial charge in [0.2, 0.25) is 0 Å². The Morgan fingerprint density at radius 1 is 1.69 bits per heavy atom. The van der Waals surface area contributed by atoms with E-state index in [9.17, 15) is 13.2 Å². The highest BCUT2D eigenvalue weighted by Gasteiger charge is 2.18. The predicted molar refractivity (Wildman–Crippen MR) is 41.5 cm³/mol. The fourth-order valence-corrected chi connectivity index (χ4v) is 1.29. The average Bonchev–Trinajstić information content (AvgIpc) is 2.29. The van der Waals surface area contributed by atoms with E-state index in [2.05, 4.69) is 5.10 Å². The molecule has 8 heteroatoms. The summed E-state index contributed by atoms with van der Waals surface area (Å²) < 4.78 is 22.4. The summed E-state index contributed by atoms with van der Waals surface area (Å²) in [6.07, 6.45) is 0. The fraction of sp³-hybridized carbons (Fsp3) is 0.200. The molecule has 0 aliphatic carbocycles. The molecule has 7 nitrogen and oxygen atoms in total. The molecule has 1 rings (SSSR count). The van der Waals surface area contributed by atoms with Gasteiger partial charge in [-0.15, -0.1) is 0 Å². The van der Waals surface area contributed by atoms with Gasteiger partial charge in [0.1, 0.15) is 5.69 Å². The third-order valence-corrected chi connectivity index (χ3v) is 2.15. The number of aromatic nitrogens is 2. The van der Waals surface area contributed by atoms with Crippen LogP contribution >= 0.6 is 0 Å². The minimum Gasteiger partial charge on any atom is -0.477 e. The maximum Gasteiger partial charge on any atom is 0.354 e. The van der Waals surface area contributed by atoms with E-state index in [1.54, 1.807) is 0 Å². The van der Waals surface area contributed by atoms with Gasteiger partial charge in [-0.2, -0.15) is 5.10 Å². The van der Waals surface area contributed by atoms with Gasteiger partial charge < -0.3 is 5.11 Å². The molecule has 0 atom stereocenters. The molecule has 1 aromatic heterocycles. The summed E-state index contributed by atoms with van der Waals surface area (Å²) in [4.78, 5) is 10.5. The SMILES string of the molecule is Cn1nc(S(N)(=O)=O)cc1C(=O)O. The third kappa shape index (κ3) is 1.84. The summed E-state index contributed by atoms with van der Waals surface area (Å²) >= 11 is 0. The number of aryl methyl sites for hydroxylation is 1. The minimum absolute atomic E-state index is 0.232. The second kappa shape index (κ2) is 2.82. The molecule has 0 unspecified atom stereocenters. The Morgan fingerprint density at radius 3 is 2.46 bits per heavy atom. The summed E-state index contributed by atoms with van der Waals surface area (Å²) in [5, 5.41) is 16.3. The molecule has 0 fully saturated rings. The number of nitrogens with two attached hydrogens (primary N) is 1. The normalized spacial score (nSPS) is 11.5. The first-order valence-electron chi connectivity index (χ1n) is 3.12. The van der Waals surface area contributed by atoms with Crippen LogP contribution in [0.2, 0.25) is 0 Å². The number of carboxylic acid groups (broad SMARTS) is 1. The first-order chi connectivity index (χ1) is 5.82. The number of carboxylic acids is 1. The summed E-state index contributed by atoms with van der Waals surface area (Å²) in [6, 6.07) is 0.900. The quantitative estimate of drug-likeness (QED) is 0.626. The van der Waals surface area contributed by atoms with Crippen LogP contribution in [0.3, 0.4) is 0 Å². The van der Waals surface area contributed by atoms with Gasteiger partial charge in [0.25, 0.3) is 10.0 Å². The predicted octanol–water partition coefficient (Wildman–Crippen LogP) is -1.23. The Kier molecular flexibility index (Phi) is 2.10. The average molecular weight is 205 g/mol. The van der Waals surface area contributed by atoms with E-state index in [0.717, 1.165) is 10.7 Å². The zero-order valence-corrected chi connectivity index (χ0v) is 7.45. The number of aromatic carboxylic acids is 1. The summed E-state index contributed by atoms with van der Waals surface area (Å²) in [7, 11) is -2.62. The molecular weight excluding hydrogens is 198 g/mol. The second-order valence-electron chi connectivity index (χ2n) is 2.34. The van der Waals surface area contributed by atoms with E-state index in [1.807, 2.05) is 0 Å².